The van der Waals surface area contributed by atoms with Gasteiger partial charge in [-0.2, -0.15) is 0 Å². The molecule has 0 fully saturated rings. The lowest BCUT2D eigenvalue weighted by Gasteiger charge is -2.06. The van der Waals surface area contributed by atoms with E-state index in [-0.39, 0.29) is 5.97 Å². The second kappa shape index (κ2) is 47.0. The Balaban J connectivity index is 3.17. The van der Waals surface area contributed by atoms with Crippen molar-refractivity contribution in [2.24, 2.45) is 0 Å². The third kappa shape index (κ3) is 46.9. The zero-order valence-electron chi connectivity index (χ0n) is 35.3. The number of esters is 1. The van der Waals surface area contributed by atoms with Crippen LogP contribution in [0.15, 0.2) is 24.3 Å². The molecule has 51 heavy (non-hydrogen) atoms. The van der Waals surface area contributed by atoms with Crippen LogP contribution in [-0.2, 0) is 9.53 Å². The quantitative estimate of drug-likeness (QED) is 0.0357. The molecule has 0 heterocycles. The zero-order valence-corrected chi connectivity index (χ0v) is 35.3. The van der Waals surface area contributed by atoms with Gasteiger partial charge in [0.05, 0.1) is 6.61 Å². The molecule has 0 aromatic heterocycles. The first kappa shape index (κ1) is 49.9. The fourth-order valence-corrected chi connectivity index (χ4v) is 7.29. The van der Waals surface area contributed by atoms with Gasteiger partial charge in [0.25, 0.3) is 0 Å². The van der Waals surface area contributed by atoms with Crippen molar-refractivity contribution in [2.45, 2.75) is 277 Å². The summed E-state index contributed by atoms with van der Waals surface area (Å²) in [5.41, 5.74) is 0. The minimum absolute atomic E-state index is 0.0207. The number of hydrogen-bond acceptors (Lipinski definition) is 2. The third-order valence-electron chi connectivity index (χ3n) is 10.8. The summed E-state index contributed by atoms with van der Waals surface area (Å²) in [6, 6.07) is 0. The number of allylic oxidation sites excluding steroid dienone is 4. The van der Waals surface area contributed by atoms with Crippen LogP contribution in [0.25, 0.3) is 0 Å². The van der Waals surface area contributed by atoms with Gasteiger partial charge < -0.3 is 4.74 Å². The molecule has 302 valence electrons. The van der Waals surface area contributed by atoms with Crippen LogP contribution >= 0.6 is 0 Å². The molecule has 0 atom stereocenters. The van der Waals surface area contributed by atoms with E-state index in [0.717, 1.165) is 19.3 Å². The smallest absolute Gasteiger partial charge is 0.305 e. The van der Waals surface area contributed by atoms with Crippen LogP contribution in [0.4, 0.5) is 0 Å². The molecule has 0 aliphatic carbocycles. The van der Waals surface area contributed by atoms with Crippen molar-refractivity contribution in [1.82, 2.24) is 0 Å². The van der Waals surface area contributed by atoms with Gasteiger partial charge in [0.2, 0.25) is 0 Å². The van der Waals surface area contributed by atoms with Crippen LogP contribution in [0.5, 0.6) is 0 Å². The number of hydrogen-bond donors (Lipinski definition) is 0. The summed E-state index contributed by atoms with van der Waals surface area (Å²) >= 11 is 0. The van der Waals surface area contributed by atoms with E-state index in [1.807, 2.05) is 0 Å². The van der Waals surface area contributed by atoms with E-state index >= 15 is 0 Å². The van der Waals surface area contributed by atoms with Crippen molar-refractivity contribution in [3.63, 3.8) is 0 Å². The summed E-state index contributed by atoms with van der Waals surface area (Å²) in [4.78, 5) is 12.0. The Kier molecular flexibility index (Phi) is 46.0. The number of ether oxygens (including phenoxy) is 1. The molecule has 0 aromatic carbocycles. The van der Waals surface area contributed by atoms with Gasteiger partial charge in [-0.3, -0.25) is 4.79 Å². The summed E-state index contributed by atoms with van der Waals surface area (Å²) in [5, 5.41) is 0. The molecule has 0 spiro atoms. The summed E-state index contributed by atoms with van der Waals surface area (Å²) in [5.74, 6) is 0.0207. The van der Waals surface area contributed by atoms with Crippen molar-refractivity contribution in [1.29, 1.82) is 0 Å². The number of carbonyl (C=O) groups excluding carboxylic acids is 1. The van der Waals surface area contributed by atoms with Crippen LogP contribution in [-0.4, -0.2) is 12.6 Å². The van der Waals surface area contributed by atoms with Crippen LogP contribution in [0.3, 0.4) is 0 Å². The average Bonchev–Trinajstić information content (AvgIpc) is 3.14. The highest BCUT2D eigenvalue weighted by Crippen LogP contribution is 2.17. The van der Waals surface area contributed by atoms with E-state index in [1.54, 1.807) is 0 Å². The Labute approximate surface area is 322 Å². The monoisotopic (exact) mass is 715 g/mol. The number of rotatable bonds is 44. The van der Waals surface area contributed by atoms with Gasteiger partial charge in [0.1, 0.15) is 0 Å². The molecule has 0 bridgehead atoms. The molecule has 2 nitrogen and oxygen atoms in total. The van der Waals surface area contributed by atoms with Gasteiger partial charge in [-0.25, -0.2) is 0 Å². The number of carbonyl (C=O) groups is 1. The summed E-state index contributed by atoms with van der Waals surface area (Å²) in [7, 11) is 0. The molecular weight excluding hydrogens is 621 g/mol. The molecule has 0 N–H and O–H groups in total. The lowest BCUT2D eigenvalue weighted by atomic mass is 10.0. The summed E-state index contributed by atoms with van der Waals surface area (Å²) in [6.07, 6.45) is 64.5. The predicted molar refractivity (Wildman–Crippen MR) is 230 cm³/mol. The highest BCUT2D eigenvalue weighted by atomic mass is 16.5. The molecule has 0 aliphatic rings. The molecule has 0 unspecified atom stereocenters. The molecule has 0 aromatic rings. The molecule has 0 radical (unpaired) electrons. The van der Waals surface area contributed by atoms with Gasteiger partial charge in [0, 0.05) is 6.42 Å². The molecule has 0 rings (SSSR count). The Morgan fingerprint density at radius 2 is 0.608 bits per heavy atom. The molecule has 0 saturated heterocycles. The first-order chi connectivity index (χ1) is 25.3. The van der Waals surface area contributed by atoms with Gasteiger partial charge in [-0.15, -0.1) is 0 Å². The molecule has 2 heteroatoms. The number of unbranched alkanes of at least 4 members (excludes halogenated alkanes) is 36. The van der Waals surface area contributed by atoms with Gasteiger partial charge >= 0.3 is 5.97 Å². The van der Waals surface area contributed by atoms with E-state index in [4.69, 9.17) is 4.74 Å². The fourth-order valence-electron chi connectivity index (χ4n) is 7.29. The highest BCUT2D eigenvalue weighted by Gasteiger charge is 2.03. The van der Waals surface area contributed by atoms with E-state index < -0.39 is 0 Å². The van der Waals surface area contributed by atoms with E-state index in [9.17, 15) is 4.79 Å². The fraction of sp³-hybridized carbons (Fsp3) is 0.898. The first-order valence-corrected chi connectivity index (χ1v) is 23.8. The van der Waals surface area contributed by atoms with E-state index in [2.05, 4.69) is 38.2 Å². The molecular formula is C49H94O2. The highest BCUT2D eigenvalue weighted by molar-refractivity contribution is 5.69. The SMILES string of the molecule is CCCCC/C=C\C/C=C\CCCCCCCCOC(=O)CCCCCCCCCCCCCCCCCCCCCCCCCCCCCC. The summed E-state index contributed by atoms with van der Waals surface area (Å²) in [6.45, 7) is 5.18. The molecule has 0 aliphatic heterocycles. The van der Waals surface area contributed by atoms with E-state index in [0.29, 0.717) is 13.0 Å². The minimum atomic E-state index is 0.0207. The zero-order chi connectivity index (χ0) is 36.8. The normalized spacial score (nSPS) is 11.8. The maximum absolute atomic E-state index is 12.0. The van der Waals surface area contributed by atoms with Crippen LogP contribution in [0, 0.1) is 0 Å². The van der Waals surface area contributed by atoms with Crippen LogP contribution in [0.2, 0.25) is 0 Å². The Morgan fingerprint density at radius 1 is 0.333 bits per heavy atom. The van der Waals surface area contributed by atoms with E-state index in [1.165, 1.54) is 238 Å². The molecule has 0 saturated carbocycles. The van der Waals surface area contributed by atoms with Gasteiger partial charge in [-0.1, -0.05) is 250 Å². The maximum Gasteiger partial charge on any atom is 0.305 e. The topological polar surface area (TPSA) is 26.3 Å². The third-order valence-corrected chi connectivity index (χ3v) is 10.8. The average molecular weight is 715 g/mol. The Hall–Kier alpha value is -1.05. The molecule has 0 amide bonds. The van der Waals surface area contributed by atoms with Crippen molar-refractivity contribution < 1.29 is 9.53 Å². The standard InChI is InChI=1S/C49H94O2/c1-3-5-7-9-11-13-15-17-19-21-22-23-24-25-26-27-28-29-30-31-32-33-35-37-39-41-43-45-47-49(50)51-48-46-44-42-40-38-36-34-20-18-16-14-12-10-8-6-4-2/h12,14,18,20H,3-11,13,15-17,19,21-48H2,1-2H3/b14-12-,20-18-. The lowest BCUT2D eigenvalue weighted by Crippen LogP contribution is -2.05. The second-order valence-corrected chi connectivity index (χ2v) is 16.1. The van der Waals surface area contributed by atoms with Gasteiger partial charge in [-0.05, 0) is 44.9 Å². The largest absolute Gasteiger partial charge is 0.466 e. The first-order valence-electron chi connectivity index (χ1n) is 23.8. The van der Waals surface area contributed by atoms with Crippen molar-refractivity contribution in [3.05, 3.63) is 24.3 Å². The van der Waals surface area contributed by atoms with Crippen molar-refractivity contribution in [2.75, 3.05) is 6.61 Å². The Morgan fingerprint density at radius 3 is 0.980 bits per heavy atom. The minimum Gasteiger partial charge on any atom is -0.466 e. The van der Waals surface area contributed by atoms with Crippen LogP contribution < -0.4 is 0 Å². The Bertz CT molecular complexity index is 694. The predicted octanol–water partition coefficient (Wildman–Crippen LogP) is 17.7. The maximum atomic E-state index is 12.0. The summed E-state index contributed by atoms with van der Waals surface area (Å²) < 4.78 is 5.47. The second-order valence-electron chi connectivity index (χ2n) is 16.1. The van der Waals surface area contributed by atoms with Gasteiger partial charge in [0.15, 0.2) is 0 Å². The lowest BCUT2D eigenvalue weighted by molar-refractivity contribution is -0.143. The van der Waals surface area contributed by atoms with Crippen molar-refractivity contribution >= 4 is 5.97 Å². The van der Waals surface area contributed by atoms with Crippen molar-refractivity contribution in [3.8, 4) is 0 Å². The van der Waals surface area contributed by atoms with Crippen LogP contribution in [0.1, 0.15) is 277 Å².